The lowest BCUT2D eigenvalue weighted by molar-refractivity contribution is 0.0323. The molecular formula is C17H29ClN4OS. The first kappa shape index (κ1) is 19.5. The number of nitrogens with zero attached hydrogens (tertiary/aromatic N) is 3. The maximum Gasteiger partial charge on any atom is 0.193 e. The summed E-state index contributed by atoms with van der Waals surface area (Å²) in [6.45, 7) is 11.7. The Morgan fingerprint density at radius 2 is 2.21 bits per heavy atom. The summed E-state index contributed by atoms with van der Waals surface area (Å²) in [6.07, 6.45) is 0. The van der Waals surface area contributed by atoms with Crippen LogP contribution in [0.25, 0.3) is 0 Å². The highest BCUT2D eigenvalue weighted by atomic mass is 35.5. The molecule has 0 amide bonds. The van der Waals surface area contributed by atoms with Crippen LogP contribution in [-0.2, 0) is 11.3 Å². The molecule has 1 aromatic heterocycles. The molecular weight excluding hydrogens is 344 g/mol. The summed E-state index contributed by atoms with van der Waals surface area (Å²) in [5, 5.41) is 3.38. The SMILES string of the molecule is CCNC(=NCC(C)CN1CCOCC1)N(C)Cc1ccc(Cl)s1. The molecule has 1 fully saturated rings. The van der Waals surface area contributed by atoms with Gasteiger partial charge in [-0.2, -0.15) is 0 Å². The van der Waals surface area contributed by atoms with Crippen LogP contribution in [0.5, 0.6) is 0 Å². The van der Waals surface area contributed by atoms with E-state index in [1.807, 2.05) is 6.07 Å². The van der Waals surface area contributed by atoms with Crippen LogP contribution in [0.15, 0.2) is 17.1 Å². The van der Waals surface area contributed by atoms with Crippen LogP contribution in [-0.4, -0.2) is 68.7 Å². The van der Waals surface area contributed by atoms with Crippen molar-refractivity contribution in [2.24, 2.45) is 10.9 Å². The minimum Gasteiger partial charge on any atom is -0.379 e. The Kier molecular flexibility index (Phi) is 8.32. The first-order chi connectivity index (χ1) is 11.6. The fourth-order valence-corrected chi connectivity index (χ4v) is 3.88. The van der Waals surface area contributed by atoms with Crippen LogP contribution < -0.4 is 5.32 Å². The summed E-state index contributed by atoms with van der Waals surface area (Å²) in [5.74, 6) is 1.48. The van der Waals surface area contributed by atoms with Crippen LogP contribution in [0.1, 0.15) is 18.7 Å². The smallest absolute Gasteiger partial charge is 0.193 e. The van der Waals surface area contributed by atoms with Crippen LogP contribution >= 0.6 is 22.9 Å². The molecule has 24 heavy (non-hydrogen) atoms. The van der Waals surface area contributed by atoms with Gasteiger partial charge in [0.05, 0.1) is 24.1 Å². The molecule has 1 atom stereocenters. The van der Waals surface area contributed by atoms with E-state index in [4.69, 9.17) is 21.3 Å². The van der Waals surface area contributed by atoms with Crippen molar-refractivity contribution in [2.45, 2.75) is 20.4 Å². The van der Waals surface area contributed by atoms with Crippen LogP contribution in [0.3, 0.4) is 0 Å². The number of hydrogen-bond donors (Lipinski definition) is 1. The third kappa shape index (κ3) is 6.59. The van der Waals surface area contributed by atoms with E-state index >= 15 is 0 Å². The molecule has 0 bridgehead atoms. The van der Waals surface area contributed by atoms with E-state index in [1.54, 1.807) is 11.3 Å². The lowest BCUT2D eigenvalue weighted by Gasteiger charge is -2.29. The van der Waals surface area contributed by atoms with Crippen molar-refractivity contribution in [3.63, 3.8) is 0 Å². The lowest BCUT2D eigenvalue weighted by Crippen LogP contribution is -2.40. The van der Waals surface area contributed by atoms with E-state index in [0.29, 0.717) is 5.92 Å². The number of thiophene rings is 1. The zero-order valence-corrected chi connectivity index (χ0v) is 16.5. The molecule has 1 unspecified atom stereocenters. The van der Waals surface area contributed by atoms with Gasteiger partial charge < -0.3 is 15.0 Å². The predicted molar refractivity (Wildman–Crippen MR) is 103 cm³/mol. The van der Waals surface area contributed by atoms with Crippen LogP contribution in [0, 0.1) is 5.92 Å². The minimum absolute atomic E-state index is 0.529. The highest BCUT2D eigenvalue weighted by Crippen LogP contribution is 2.22. The van der Waals surface area contributed by atoms with Crippen molar-refractivity contribution in [3.05, 3.63) is 21.3 Å². The predicted octanol–water partition coefficient (Wildman–Crippen LogP) is 2.77. The summed E-state index contributed by atoms with van der Waals surface area (Å²) < 4.78 is 6.24. The van der Waals surface area contributed by atoms with Gasteiger partial charge in [-0.25, -0.2) is 0 Å². The first-order valence-corrected chi connectivity index (χ1v) is 9.81. The second kappa shape index (κ2) is 10.2. The highest BCUT2D eigenvalue weighted by molar-refractivity contribution is 7.16. The Morgan fingerprint density at radius 3 is 2.83 bits per heavy atom. The molecule has 0 radical (unpaired) electrons. The van der Waals surface area contributed by atoms with E-state index < -0.39 is 0 Å². The van der Waals surface area contributed by atoms with Crippen LogP contribution in [0.4, 0.5) is 0 Å². The van der Waals surface area contributed by atoms with Crippen molar-refractivity contribution in [2.75, 3.05) is 53.0 Å². The molecule has 136 valence electrons. The highest BCUT2D eigenvalue weighted by Gasteiger charge is 2.14. The van der Waals surface area contributed by atoms with Gasteiger partial charge in [-0.3, -0.25) is 9.89 Å². The zero-order chi connectivity index (χ0) is 17.4. The molecule has 1 aliphatic rings. The van der Waals surface area contributed by atoms with E-state index in [2.05, 4.69) is 42.1 Å². The van der Waals surface area contributed by atoms with Gasteiger partial charge in [-0.15, -0.1) is 11.3 Å². The number of nitrogens with one attached hydrogen (secondary N) is 1. The first-order valence-electron chi connectivity index (χ1n) is 8.62. The van der Waals surface area contributed by atoms with Gasteiger partial charge in [-0.05, 0) is 25.0 Å². The molecule has 0 aliphatic carbocycles. The zero-order valence-electron chi connectivity index (χ0n) is 14.9. The quantitative estimate of drug-likeness (QED) is 0.590. The van der Waals surface area contributed by atoms with Gasteiger partial charge in [0.25, 0.3) is 0 Å². The molecule has 0 aromatic carbocycles. The topological polar surface area (TPSA) is 40.1 Å². The summed E-state index contributed by atoms with van der Waals surface area (Å²) in [6, 6.07) is 4.03. The van der Waals surface area contributed by atoms with Crippen LogP contribution in [0.2, 0.25) is 4.34 Å². The summed E-state index contributed by atoms with van der Waals surface area (Å²) >= 11 is 7.64. The monoisotopic (exact) mass is 372 g/mol. The van der Waals surface area contributed by atoms with E-state index in [1.165, 1.54) is 4.88 Å². The summed E-state index contributed by atoms with van der Waals surface area (Å²) in [5.41, 5.74) is 0. The minimum atomic E-state index is 0.529. The van der Waals surface area contributed by atoms with Crippen molar-refractivity contribution >= 4 is 28.9 Å². The molecule has 1 aliphatic heterocycles. The molecule has 0 spiro atoms. The number of hydrogen-bond acceptors (Lipinski definition) is 4. The number of rotatable bonds is 7. The Morgan fingerprint density at radius 1 is 1.46 bits per heavy atom. The maximum atomic E-state index is 6.02. The fraction of sp³-hybridized carbons (Fsp3) is 0.706. The number of morpholine rings is 1. The van der Waals surface area contributed by atoms with E-state index in [9.17, 15) is 0 Å². The van der Waals surface area contributed by atoms with Crippen molar-refractivity contribution in [1.29, 1.82) is 0 Å². The molecule has 1 aromatic rings. The van der Waals surface area contributed by atoms with Gasteiger partial charge in [0.2, 0.25) is 0 Å². The van der Waals surface area contributed by atoms with Gasteiger partial charge in [-0.1, -0.05) is 18.5 Å². The Hall–Kier alpha value is -0.820. The lowest BCUT2D eigenvalue weighted by atomic mass is 10.1. The summed E-state index contributed by atoms with van der Waals surface area (Å²) in [7, 11) is 2.07. The average molecular weight is 373 g/mol. The summed E-state index contributed by atoms with van der Waals surface area (Å²) in [4.78, 5) is 10.7. The normalized spacial score (nSPS) is 17.8. The second-order valence-corrected chi connectivity index (χ2v) is 8.07. The molecule has 5 nitrogen and oxygen atoms in total. The fourth-order valence-electron chi connectivity index (χ4n) is 2.74. The standard InChI is InChI=1S/C17H29ClN4OS/c1-4-19-17(21(3)13-15-5-6-16(18)24-15)20-11-14(2)12-22-7-9-23-10-8-22/h5-6,14H,4,7-13H2,1-3H3,(H,19,20). The molecule has 2 rings (SSSR count). The second-order valence-electron chi connectivity index (χ2n) is 6.27. The number of guanidine groups is 1. The van der Waals surface area contributed by atoms with Crippen molar-refractivity contribution in [1.82, 2.24) is 15.1 Å². The Balaban J connectivity index is 1.86. The van der Waals surface area contributed by atoms with Crippen molar-refractivity contribution in [3.8, 4) is 0 Å². The van der Waals surface area contributed by atoms with E-state index in [0.717, 1.165) is 62.8 Å². The molecule has 1 saturated heterocycles. The molecule has 1 N–H and O–H groups in total. The average Bonchev–Trinajstić information content (AvgIpc) is 2.97. The van der Waals surface area contributed by atoms with Gasteiger partial charge in [0.15, 0.2) is 5.96 Å². The third-order valence-electron chi connectivity index (χ3n) is 3.94. The Labute approximate surface area is 154 Å². The number of ether oxygens (including phenoxy) is 1. The molecule has 7 heteroatoms. The van der Waals surface area contributed by atoms with Gasteiger partial charge in [0, 0.05) is 44.6 Å². The largest absolute Gasteiger partial charge is 0.379 e. The number of aliphatic imine (C=N–C) groups is 1. The van der Waals surface area contributed by atoms with Gasteiger partial charge in [0.1, 0.15) is 0 Å². The van der Waals surface area contributed by atoms with Gasteiger partial charge >= 0.3 is 0 Å². The molecule has 0 saturated carbocycles. The Bertz CT molecular complexity index is 516. The van der Waals surface area contributed by atoms with E-state index in [-0.39, 0.29) is 0 Å². The number of halogens is 1. The van der Waals surface area contributed by atoms with Crippen molar-refractivity contribution < 1.29 is 4.74 Å². The third-order valence-corrected chi connectivity index (χ3v) is 5.16. The molecule has 2 heterocycles. The maximum absolute atomic E-state index is 6.02.